The first-order chi connectivity index (χ1) is 10.8. The molecule has 0 aliphatic carbocycles. The largest absolute Gasteiger partial charge is 0.433 e. The SMILES string of the molecule is Cc1nc(C(F)(F)F)ccc1C(=O)Nc1nc2ccccc2[nH]1. The van der Waals surface area contributed by atoms with Gasteiger partial charge in [0, 0.05) is 0 Å². The zero-order chi connectivity index (χ0) is 16.6. The Balaban J connectivity index is 1.85. The van der Waals surface area contributed by atoms with Gasteiger partial charge in [0.15, 0.2) is 0 Å². The Morgan fingerprint density at radius 3 is 2.52 bits per heavy atom. The van der Waals surface area contributed by atoms with Crippen molar-refractivity contribution in [2.24, 2.45) is 0 Å². The van der Waals surface area contributed by atoms with Gasteiger partial charge in [-0.3, -0.25) is 10.1 Å². The molecule has 0 aliphatic rings. The van der Waals surface area contributed by atoms with E-state index in [4.69, 9.17) is 0 Å². The fourth-order valence-electron chi connectivity index (χ4n) is 2.15. The van der Waals surface area contributed by atoms with Crippen LogP contribution >= 0.6 is 0 Å². The second-order valence-electron chi connectivity index (χ2n) is 4.88. The fraction of sp³-hybridized carbons (Fsp3) is 0.133. The number of imidazole rings is 1. The fourth-order valence-corrected chi connectivity index (χ4v) is 2.15. The van der Waals surface area contributed by atoms with Crippen LogP contribution in [0.1, 0.15) is 21.7 Å². The number of aromatic amines is 1. The summed E-state index contributed by atoms with van der Waals surface area (Å²) < 4.78 is 37.8. The number of hydrogen-bond acceptors (Lipinski definition) is 3. The topological polar surface area (TPSA) is 70.7 Å². The first-order valence-electron chi connectivity index (χ1n) is 6.65. The highest BCUT2D eigenvalue weighted by Crippen LogP contribution is 2.28. The summed E-state index contributed by atoms with van der Waals surface area (Å²) in [5.41, 5.74) is 0.428. The van der Waals surface area contributed by atoms with Crippen LogP contribution in [0.15, 0.2) is 36.4 Å². The van der Waals surface area contributed by atoms with Crippen LogP contribution in [0.2, 0.25) is 0 Å². The van der Waals surface area contributed by atoms with Gasteiger partial charge in [0.25, 0.3) is 5.91 Å². The van der Waals surface area contributed by atoms with E-state index < -0.39 is 17.8 Å². The number of nitrogens with zero attached hydrogens (tertiary/aromatic N) is 2. The maximum atomic E-state index is 12.6. The molecule has 0 atom stereocenters. The number of aryl methyl sites for hydroxylation is 1. The van der Waals surface area contributed by atoms with Crippen molar-refractivity contribution in [1.82, 2.24) is 15.0 Å². The quantitative estimate of drug-likeness (QED) is 0.759. The van der Waals surface area contributed by atoms with E-state index in [0.717, 1.165) is 17.6 Å². The number of halogens is 3. The van der Waals surface area contributed by atoms with Crippen LogP contribution in [0.5, 0.6) is 0 Å². The Labute approximate surface area is 128 Å². The van der Waals surface area contributed by atoms with E-state index in [1.807, 2.05) is 6.07 Å². The predicted molar refractivity (Wildman–Crippen MR) is 78.0 cm³/mol. The van der Waals surface area contributed by atoms with Crippen molar-refractivity contribution in [3.8, 4) is 0 Å². The highest BCUT2D eigenvalue weighted by molar-refractivity contribution is 6.04. The minimum absolute atomic E-state index is 0.00608. The van der Waals surface area contributed by atoms with E-state index >= 15 is 0 Å². The number of carbonyl (C=O) groups is 1. The van der Waals surface area contributed by atoms with Gasteiger partial charge in [-0.2, -0.15) is 13.2 Å². The number of hydrogen-bond donors (Lipinski definition) is 2. The second-order valence-corrected chi connectivity index (χ2v) is 4.88. The third kappa shape index (κ3) is 3.01. The Kier molecular flexibility index (Phi) is 3.51. The van der Waals surface area contributed by atoms with E-state index in [1.165, 1.54) is 6.92 Å². The molecular weight excluding hydrogens is 309 g/mol. The molecule has 8 heteroatoms. The van der Waals surface area contributed by atoms with Gasteiger partial charge in [-0.15, -0.1) is 0 Å². The normalized spacial score (nSPS) is 11.7. The number of anilines is 1. The van der Waals surface area contributed by atoms with Crippen LogP contribution in [0, 0.1) is 6.92 Å². The van der Waals surface area contributed by atoms with Gasteiger partial charge >= 0.3 is 6.18 Å². The molecule has 23 heavy (non-hydrogen) atoms. The van der Waals surface area contributed by atoms with Crippen LogP contribution in [0.4, 0.5) is 19.1 Å². The lowest BCUT2D eigenvalue weighted by atomic mass is 10.1. The molecule has 2 aromatic heterocycles. The Morgan fingerprint density at radius 1 is 1.13 bits per heavy atom. The maximum absolute atomic E-state index is 12.6. The van der Waals surface area contributed by atoms with Crippen LogP contribution in [-0.4, -0.2) is 20.9 Å². The molecule has 0 fully saturated rings. The lowest BCUT2D eigenvalue weighted by molar-refractivity contribution is -0.141. The molecule has 3 rings (SSSR count). The first kappa shape index (κ1) is 15.0. The molecule has 0 saturated carbocycles. The number of carbonyl (C=O) groups excluding carboxylic acids is 1. The minimum Gasteiger partial charge on any atom is -0.324 e. The Bertz CT molecular complexity index is 853. The summed E-state index contributed by atoms with van der Waals surface area (Å²) in [5.74, 6) is -0.363. The van der Waals surface area contributed by atoms with E-state index in [2.05, 4.69) is 20.3 Å². The van der Waals surface area contributed by atoms with Crippen molar-refractivity contribution < 1.29 is 18.0 Å². The number of para-hydroxylation sites is 2. The summed E-state index contributed by atoms with van der Waals surface area (Å²) in [5, 5.41) is 2.52. The molecule has 0 radical (unpaired) electrons. The average molecular weight is 320 g/mol. The van der Waals surface area contributed by atoms with Crippen LogP contribution in [0.25, 0.3) is 11.0 Å². The molecule has 2 N–H and O–H groups in total. The lowest BCUT2D eigenvalue weighted by Crippen LogP contribution is -2.17. The molecule has 0 unspecified atom stereocenters. The zero-order valence-corrected chi connectivity index (χ0v) is 11.9. The first-order valence-corrected chi connectivity index (χ1v) is 6.65. The lowest BCUT2D eigenvalue weighted by Gasteiger charge is -2.09. The number of pyridine rings is 1. The number of alkyl halides is 3. The number of fused-ring (bicyclic) bond motifs is 1. The molecule has 0 spiro atoms. The summed E-state index contributed by atoms with van der Waals surface area (Å²) in [4.78, 5) is 22.7. The van der Waals surface area contributed by atoms with E-state index in [9.17, 15) is 18.0 Å². The van der Waals surface area contributed by atoms with Crippen LogP contribution in [-0.2, 0) is 6.18 Å². The van der Waals surface area contributed by atoms with Gasteiger partial charge in [0.1, 0.15) is 5.69 Å². The van der Waals surface area contributed by atoms with Crippen molar-refractivity contribution in [2.75, 3.05) is 5.32 Å². The van der Waals surface area contributed by atoms with Gasteiger partial charge in [0.2, 0.25) is 5.95 Å². The molecular formula is C15H11F3N4O. The van der Waals surface area contributed by atoms with E-state index in [0.29, 0.717) is 5.52 Å². The number of nitrogens with one attached hydrogen (secondary N) is 2. The van der Waals surface area contributed by atoms with E-state index in [-0.39, 0.29) is 17.2 Å². The number of rotatable bonds is 2. The number of amides is 1. The van der Waals surface area contributed by atoms with Gasteiger partial charge in [-0.1, -0.05) is 12.1 Å². The zero-order valence-electron chi connectivity index (χ0n) is 11.9. The third-order valence-corrected chi connectivity index (χ3v) is 3.24. The predicted octanol–water partition coefficient (Wildman–Crippen LogP) is 3.54. The highest BCUT2D eigenvalue weighted by atomic mass is 19.4. The number of H-pyrrole nitrogens is 1. The molecule has 0 saturated heterocycles. The summed E-state index contributed by atoms with van der Waals surface area (Å²) >= 11 is 0. The summed E-state index contributed by atoms with van der Waals surface area (Å²) in [6, 6.07) is 9.06. The van der Waals surface area contributed by atoms with E-state index in [1.54, 1.807) is 18.2 Å². The number of aromatic nitrogens is 3. The molecule has 2 heterocycles. The molecule has 0 aliphatic heterocycles. The Morgan fingerprint density at radius 2 is 1.87 bits per heavy atom. The molecule has 1 aromatic carbocycles. The van der Waals surface area contributed by atoms with Crippen molar-refractivity contribution in [3.05, 3.63) is 53.3 Å². The summed E-state index contributed by atoms with van der Waals surface area (Å²) in [6.45, 7) is 1.35. The van der Waals surface area contributed by atoms with Gasteiger partial charge < -0.3 is 4.98 Å². The standard InChI is InChI=1S/C15H11F3N4O/c1-8-9(6-7-12(19-8)15(16,17)18)13(23)22-14-20-10-4-2-3-5-11(10)21-14/h2-7H,1H3,(H2,20,21,22,23). The monoisotopic (exact) mass is 320 g/mol. The van der Waals surface area contributed by atoms with Gasteiger partial charge in [-0.05, 0) is 31.2 Å². The molecule has 118 valence electrons. The third-order valence-electron chi connectivity index (χ3n) is 3.24. The van der Waals surface area contributed by atoms with Crippen molar-refractivity contribution in [2.45, 2.75) is 13.1 Å². The van der Waals surface area contributed by atoms with Crippen LogP contribution < -0.4 is 5.32 Å². The minimum atomic E-state index is -4.54. The van der Waals surface area contributed by atoms with Crippen molar-refractivity contribution in [1.29, 1.82) is 0 Å². The Hall–Kier alpha value is -2.90. The van der Waals surface area contributed by atoms with Crippen molar-refractivity contribution in [3.63, 3.8) is 0 Å². The molecule has 3 aromatic rings. The smallest absolute Gasteiger partial charge is 0.324 e. The van der Waals surface area contributed by atoms with Crippen molar-refractivity contribution >= 4 is 22.9 Å². The highest BCUT2D eigenvalue weighted by Gasteiger charge is 2.33. The molecule has 0 bridgehead atoms. The molecule has 5 nitrogen and oxygen atoms in total. The second kappa shape index (κ2) is 5.38. The number of benzene rings is 1. The summed E-state index contributed by atoms with van der Waals surface area (Å²) in [6.07, 6.45) is -4.54. The van der Waals surface area contributed by atoms with Gasteiger partial charge in [-0.25, -0.2) is 9.97 Å². The van der Waals surface area contributed by atoms with Gasteiger partial charge in [0.05, 0.1) is 22.3 Å². The average Bonchev–Trinajstić information content (AvgIpc) is 2.88. The maximum Gasteiger partial charge on any atom is 0.433 e. The molecule has 1 amide bonds. The van der Waals surface area contributed by atoms with Crippen LogP contribution in [0.3, 0.4) is 0 Å². The summed E-state index contributed by atoms with van der Waals surface area (Å²) in [7, 11) is 0.